The number of rotatable bonds is 19. The van der Waals surface area contributed by atoms with Crippen LogP contribution in [0.5, 0.6) is 0 Å². The van der Waals surface area contributed by atoms with E-state index in [1.165, 1.54) is 23.2 Å². The number of anilines is 3. The first kappa shape index (κ1) is 45.8. The summed E-state index contributed by atoms with van der Waals surface area (Å²) in [5.41, 5.74) is 18.4. The number of esters is 1. The lowest BCUT2D eigenvalue weighted by Gasteiger charge is -2.24. The zero-order valence-electron chi connectivity index (χ0n) is 32.5. The van der Waals surface area contributed by atoms with Crippen LogP contribution in [0, 0.1) is 0 Å². The lowest BCUT2D eigenvalue weighted by molar-refractivity contribution is -0.158. The van der Waals surface area contributed by atoms with Gasteiger partial charge in [-0.2, -0.15) is 4.98 Å². The Balaban J connectivity index is 1.16. The summed E-state index contributed by atoms with van der Waals surface area (Å²) in [6.45, 7) is 0.347. The van der Waals surface area contributed by atoms with Crippen molar-refractivity contribution in [2.24, 2.45) is 5.73 Å². The number of amides is 1. The van der Waals surface area contributed by atoms with Gasteiger partial charge in [0, 0.05) is 24.7 Å². The molecule has 9 unspecified atom stereocenters. The Labute approximate surface area is 346 Å². The number of ether oxygens (including phenoxy) is 3. The first-order chi connectivity index (χ1) is 28.9. The molecule has 0 saturated carbocycles. The Morgan fingerprint density at radius 3 is 2.44 bits per heavy atom. The van der Waals surface area contributed by atoms with Crippen molar-refractivity contribution in [1.82, 2.24) is 29.1 Å². The fraction of sp³-hybridized carbons (Fsp3) is 0.500. The highest BCUT2D eigenvalue weighted by atomic mass is 31.2. The molecule has 3 aromatic heterocycles. The average molecular weight is 897 g/mol. The molecular formula is C34H46N10O15P2. The first-order valence-corrected chi connectivity index (χ1v) is 21.9. The van der Waals surface area contributed by atoms with Crippen LogP contribution in [0.15, 0.2) is 54.0 Å². The van der Waals surface area contributed by atoms with Crippen LogP contribution < -0.4 is 28.2 Å². The highest BCUT2D eigenvalue weighted by Gasteiger charge is 2.50. The molecule has 4 aromatic rings. The van der Waals surface area contributed by atoms with E-state index in [9.17, 15) is 43.3 Å². The maximum atomic E-state index is 13.5. The molecule has 1 amide bonds. The predicted octanol–water partition coefficient (Wildman–Crippen LogP) is 0.406. The summed E-state index contributed by atoms with van der Waals surface area (Å²) in [5, 5.41) is 14.4. The molecule has 2 aliphatic rings. The number of phosphoric acid groups is 2. The third-order valence-electron chi connectivity index (χ3n) is 9.65. The van der Waals surface area contributed by atoms with Gasteiger partial charge in [0.15, 0.2) is 23.8 Å². The van der Waals surface area contributed by atoms with Gasteiger partial charge in [-0.05, 0) is 36.6 Å². The molecular weight excluding hydrogens is 850 g/mol. The molecule has 11 N–H and O–H groups in total. The van der Waals surface area contributed by atoms with Crippen molar-refractivity contribution in [3.05, 3.63) is 65.2 Å². The normalized spacial score (nSPS) is 24.4. The van der Waals surface area contributed by atoms with Crippen LogP contribution in [-0.4, -0.2) is 111 Å². The van der Waals surface area contributed by atoms with Crippen molar-refractivity contribution in [3.63, 3.8) is 0 Å². The largest absolute Gasteiger partial charge is 0.472 e. The van der Waals surface area contributed by atoms with E-state index in [2.05, 4.69) is 29.8 Å². The number of aromatic nitrogens is 6. The second kappa shape index (κ2) is 19.5. The number of aliphatic hydroxyl groups is 1. The van der Waals surface area contributed by atoms with Gasteiger partial charge in [0.05, 0.1) is 19.5 Å². The second-order valence-corrected chi connectivity index (χ2v) is 16.8. The molecule has 2 fully saturated rings. The van der Waals surface area contributed by atoms with Gasteiger partial charge < -0.3 is 56.5 Å². The summed E-state index contributed by atoms with van der Waals surface area (Å²) >= 11 is 0. The Hall–Kier alpha value is -4.75. The van der Waals surface area contributed by atoms with E-state index in [0.717, 1.165) is 30.2 Å². The number of benzene rings is 1. The van der Waals surface area contributed by atoms with Crippen molar-refractivity contribution in [2.75, 3.05) is 30.0 Å². The number of carbonyl (C=O) groups excluding carboxylic acids is 2. The van der Waals surface area contributed by atoms with E-state index in [1.54, 1.807) is 24.3 Å². The number of nitrogen functional groups attached to an aromatic ring is 2. The smallest absolute Gasteiger partial charge is 0.455 e. The van der Waals surface area contributed by atoms with Crippen LogP contribution in [-0.2, 0) is 52.9 Å². The van der Waals surface area contributed by atoms with E-state index in [-0.39, 0.29) is 41.5 Å². The Morgan fingerprint density at radius 2 is 1.74 bits per heavy atom. The minimum atomic E-state index is -5.19. The number of hydrogen-bond donors (Lipinski definition) is 8. The number of carbonyl (C=O) groups is 2. The van der Waals surface area contributed by atoms with E-state index in [0.29, 0.717) is 17.7 Å². The zero-order chi connectivity index (χ0) is 44.1. The predicted molar refractivity (Wildman–Crippen MR) is 211 cm³/mol. The molecule has 2 saturated heterocycles. The van der Waals surface area contributed by atoms with Gasteiger partial charge in [0.2, 0.25) is 5.91 Å². The molecule has 0 spiro atoms. The van der Waals surface area contributed by atoms with Gasteiger partial charge in [-0.3, -0.25) is 32.3 Å². The van der Waals surface area contributed by atoms with Gasteiger partial charge in [-0.25, -0.2) is 28.9 Å². The fourth-order valence-corrected chi connectivity index (χ4v) is 7.95. The maximum absolute atomic E-state index is 13.5. The van der Waals surface area contributed by atoms with Crippen LogP contribution >= 0.6 is 15.6 Å². The molecule has 27 heteroatoms. The molecule has 0 radical (unpaired) electrons. The molecule has 5 heterocycles. The fourth-order valence-electron chi connectivity index (χ4n) is 6.64. The maximum Gasteiger partial charge on any atom is 0.472 e. The molecule has 6 rings (SSSR count). The second-order valence-electron chi connectivity index (χ2n) is 14.2. The summed E-state index contributed by atoms with van der Waals surface area (Å²) in [7, 11) is -10.2. The van der Waals surface area contributed by atoms with E-state index in [1.807, 2.05) is 6.92 Å². The SMILES string of the molecule is CCCCCC(=O)Nc1ccc(CC(N)C(=O)OC2C(COP(=O)(O)OC3CC(n4ccc(N)nc4=O)OC3COP(=O)(O)O)OC(n3cnc4c(N)ncnc43)C2O)cc1. The molecule has 0 aliphatic carbocycles. The number of unbranched alkanes of at least 4 members (excludes halogenated alkanes) is 2. The summed E-state index contributed by atoms with van der Waals surface area (Å²) < 4.78 is 59.8. The first-order valence-electron chi connectivity index (χ1n) is 18.9. The highest BCUT2D eigenvalue weighted by molar-refractivity contribution is 7.47. The van der Waals surface area contributed by atoms with Gasteiger partial charge in [-0.1, -0.05) is 31.9 Å². The number of fused-ring (bicyclic) bond motifs is 1. The number of phosphoric ester groups is 2. The third kappa shape index (κ3) is 11.8. The van der Waals surface area contributed by atoms with Crippen molar-refractivity contribution in [1.29, 1.82) is 0 Å². The van der Waals surface area contributed by atoms with Crippen molar-refractivity contribution < 1.29 is 66.3 Å². The number of aliphatic hydroxyl groups excluding tert-OH is 1. The quantitative estimate of drug-likeness (QED) is 0.0359. The third-order valence-corrected chi connectivity index (χ3v) is 11.1. The molecule has 25 nitrogen and oxygen atoms in total. The number of imidazole rings is 1. The van der Waals surface area contributed by atoms with Gasteiger partial charge in [0.1, 0.15) is 54.3 Å². The lowest BCUT2D eigenvalue weighted by Crippen LogP contribution is -2.43. The van der Waals surface area contributed by atoms with Crippen molar-refractivity contribution in [3.8, 4) is 0 Å². The number of nitrogens with two attached hydrogens (primary N) is 3. The van der Waals surface area contributed by atoms with Crippen molar-refractivity contribution >= 4 is 56.0 Å². The highest BCUT2D eigenvalue weighted by Crippen LogP contribution is 2.50. The van der Waals surface area contributed by atoms with Crippen molar-refractivity contribution in [2.45, 2.75) is 94.5 Å². The minimum absolute atomic E-state index is 0.0181. The molecule has 9 atom stereocenters. The topological polar surface area (TPSA) is 373 Å². The van der Waals surface area contributed by atoms with Gasteiger partial charge >= 0.3 is 27.3 Å². The molecule has 0 bridgehead atoms. The Kier molecular flexibility index (Phi) is 14.7. The van der Waals surface area contributed by atoms with Crippen LogP contribution in [0.1, 0.15) is 57.0 Å². The van der Waals surface area contributed by atoms with E-state index in [4.69, 9.17) is 40.5 Å². The molecule has 2 aliphatic heterocycles. The Morgan fingerprint density at radius 1 is 1.00 bits per heavy atom. The summed E-state index contributed by atoms with van der Waals surface area (Å²) in [5.74, 6) is -1.18. The molecule has 332 valence electrons. The average Bonchev–Trinajstić information content (AvgIpc) is 3.89. The van der Waals surface area contributed by atoms with Gasteiger partial charge in [-0.15, -0.1) is 0 Å². The summed E-state index contributed by atoms with van der Waals surface area (Å²) in [6.07, 6.45) is -3.86. The minimum Gasteiger partial charge on any atom is -0.455 e. The monoisotopic (exact) mass is 896 g/mol. The van der Waals surface area contributed by atoms with Gasteiger partial charge in [0.25, 0.3) is 0 Å². The van der Waals surface area contributed by atoms with Crippen LogP contribution in [0.3, 0.4) is 0 Å². The number of nitrogens with zero attached hydrogens (tertiary/aromatic N) is 6. The van der Waals surface area contributed by atoms with E-state index >= 15 is 0 Å². The zero-order valence-corrected chi connectivity index (χ0v) is 34.3. The summed E-state index contributed by atoms with van der Waals surface area (Å²) in [4.78, 5) is 83.5. The number of hydrogen-bond acceptors (Lipinski definition) is 19. The lowest BCUT2D eigenvalue weighted by atomic mass is 10.1. The number of nitrogens with one attached hydrogen (secondary N) is 1. The van der Waals surface area contributed by atoms with E-state index < -0.39 is 89.5 Å². The standard InChI is InChI=1S/C34H46N10O15P2/c1-2-3-4-5-25(45)41-19-8-6-18(7-9-19)12-20(35)33(47)58-29-23(57-32(28(29)46)44-17-40-27-30(37)38-16-39-31(27)44)15-55-61(52,53)59-21-13-26(43-11-10-24(36)42-34(43)48)56-22(21)14-54-60(49,50)51/h6-11,16-17,20-23,26,28-29,32,46H,2-5,12-15,35H2,1H3,(H,41,45)(H,52,53)(H2,36,42,48)(H2,37,38,39)(H2,49,50,51). The molecule has 61 heavy (non-hydrogen) atoms. The van der Waals surface area contributed by atoms with Crippen LogP contribution in [0.4, 0.5) is 17.3 Å². The molecule has 1 aromatic carbocycles. The van der Waals surface area contributed by atoms with Crippen LogP contribution in [0.25, 0.3) is 11.2 Å². The van der Waals surface area contributed by atoms with Crippen LogP contribution in [0.2, 0.25) is 0 Å². The summed E-state index contributed by atoms with van der Waals surface area (Å²) in [6, 6.07) is 6.69. The Bertz CT molecular complexity index is 2330.